The topological polar surface area (TPSA) is 67.6 Å². The van der Waals surface area contributed by atoms with E-state index in [9.17, 15) is 4.79 Å². The first-order valence-corrected chi connectivity index (χ1v) is 5.46. The molecular formula is C10H23Cl2N3O2. The highest BCUT2D eigenvalue weighted by atomic mass is 35.5. The Kier molecular flexibility index (Phi) is 11.2. The molecule has 5 nitrogen and oxygen atoms in total. The Hall–Kier alpha value is -0.0700. The molecule has 0 aromatic rings. The SMILES string of the molecule is CC(N)C(=O)NCCN1CCOCC1C.Cl.Cl. The summed E-state index contributed by atoms with van der Waals surface area (Å²) < 4.78 is 5.33. The standard InChI is InChI=1S/C10H21N3O2.2ClH/c1-8-7-15-6-5-13(8)4-3-12-10(14)9(2)11;;/h8-9H,3-7,11H2,1-2H3,(H,12,14);2*1H. The molecule has 1 aliphatic heterocycles. The van der Waals surface area contributed by atoms with Crippen molar-refractivity contribution in [1.82, 2.24) is 10.2 Å². The van der Waals surface area contributed by atoms with Gasteiger partial charge in [0, 0.05) is 25.7 Å². The van der Waals surface area contributed by atoms with E-state index < -0.39 is 6.04 Å². The van der Waals surface area contributed by atoms with Crippen molar-refractivity contribution < 1.29 is 9.53 Å². The Labute approximate surface area is 115 Å². The highest BCUT2D eigenvalue weighted by Gasteiger charge is 2.18. The van der Waals surface area contributed by atoms with Crippen LogP contribution < -0.4 is 11.1 Å². The van der Waals surface area contributed by atoms with Gasteiger partial charge < -0.3 is 15.8 Å². The van der Waals surface area contributed by atoms with Crippen LogP contribution in [0.15, 0.2) is 0 Å². The van der Waals surface area contributed by atoms with Crippen LogP contribution in [0.1, 0.15) is 13.8 Å². The second-order valence-electron chi connectivity index (χ2n) is 4.04. The van der Waals surface area contributed by atoms with Crippen LogP contribution in [0.4, 0.5) is 0 Å². The molecule has 0 radical (unpaired) electrons. The number of rotatable bonds is 4. The molecular weight excluding hydrogens is 265 g/mol. The minimum absolute atomic E-state index is 0. The van der Waals surface area contributed by atoms with E-state index in [2.05, 4.69) is 17.1 Å². The molecule has 1 heterocycles. The van der Waals surface area contributed by atoms with Crippen molar-refractivity contribution in [3.63, 3.8) is 0 Å². The Balaban J connectivity index is 0. The number of hydrogen-bond donors (Lipinski definition) is 2. The third-order valence-corrected chi connectivity index (χ3v) is 2.62. The number of amides is 1. The number of nitrogens with zero attached hydrogens (tertiary/aromatic N) is 1. The van der Waals surface area contributed by atoms with E-state index in [1.165, 1.54) is 0 Å². The van der Waals surface area contributed by atoms with Crippen LogP contribution in [0.3, 0.4) is 0 Å². The molecule has 2 unspecified atom stereocenters. The zero-order chi connectivity index (χ0) is 11.3. The maximum atomic E-state index is 11.2. The number of ether oxygens (including phenoxy) is 1. The second-order valence-corrected chi connectivity index (χ2v) is 4.04. The minimum atomic E-state index is -0.424. The largest absolute Gasteiger partial charge is 0.379 e. The molecule has 1 saturated heterocycles. The highest BCUT2D eigenvalue weighted by molar-refractivity contribution is 5.85. The fraction of sp³-hybridized carbons (Fsp3) is 0.900. The maximum Gasteiger partial charge on any atom is 0.236 e. The molecule has 0 aromatic heterocycles. The van der Waals surface area contributed by atoms with E-state index in [-0.39, 0.29) is 30.7 Å². The Morgan fingerprint density at radius 1 is 1.59 bits per heavy atom. The van der Waals surface area contributed by atoms with Crippen LogP contribution >= 0.6 is 24.8 Å². The average Bonchev–Trinajstić information content (AvgIpc) is 2.20. The van der Waals surface area contributed by atoms with Crippen LogP contribution in [0.5, 0.6) is 0 Å². The molecule has 2 atom stereocenters. The van der Waals surface area contributed by atoms with Gasteiger partial charge in [0.2, 0.25) is 5.91 Å². The summed E-state index contributed by atoms with van der Waals surface area (Å²) in [5, 5.41) is 2.80. The zero-order valence-electron chi connectivity index (χ0n) is 10.3. The van der Waals surface area contributed by atoms with Gasteiger partial charge in [-0.15, -0.1) is 24.8 Å². The Morgan fingerprint density at radius 2 is 2.24 bits per heavy atom. The van der Waals surface area contributed by atoms with Gasteiger partial charge >= 0.3 is 0 Å². The lowest BCUT2D eigenvalue weighted by Crippen LogP contribution is -2.48. The first kappa shape index (κ1) is 19.3. The first-order valence-electron chi connectivity index (χ1n) is 5.46. The van der Waals surface area contributed by atoms with Crippen molar-refractivity contribution in [1.29, 1.82) is 0 Å². The monoisotopic (exact) mass is 287 g/mol. The van der Waals surface area contributed by atoms with Crippen molar-refractivity contribution in [2.75, 3.05) is 32.8 Å². The molecule has 0 aromatic carbocycles. The first-order chi connectivity index (χ1) is 7.11. The van der Waals surface area contributed by atoms with Crippen molar-refractivity contribution in [3.05, 3.63) is 0 Å². The van der Waals surface area contributed by atoms with Crippen LogP contribution in [0, 0.1) is 0 Å². The van der Waals surface area contributed by atoms with Gasteiger partial charge in [-0.1, -0.05) is 0 Å². The number of hydrogen-bond acceptors (Lipinski definition) is 4. The van der Waals surface area contributed by atoms with E-state index in [4.69, 9.17) is 10.5 Å². The molecule has 1 amide bonds. The summed E-state index contributed by atoms with van der Waals surface area (Å²) in [4.78, 5) is 13.5. The second kappa shape index (κ2) is 9.91. The Morgan fingerprint density at radius 3 is 2.76 bits per heavy atom. The van der Waals surface area contributed by atoms with Crippen molar-refractivity contribution in [3.8, 4) is 0 Å². The number of halogens is 2. The van der Waals surface area contributed by atoms with E-state index in [0.717, 1.165) is 26.3 Å². The summed E-state index contributed by atoms with van der Waals surface area (Å²) in [5.41, 5.74) is 5.44. The molecule has 0 saturated carbocycles. The third-order valence-electron chi connectivity index (χ3n) is 2.62. The molecule has 0 aliphatic carbocycles. The molecule has 0 bridgehead atoms. The summed E-state index contributed by atoms with van der Waals surface area (Å²) in [5.74, 6) is -0.0871. The quantitative estimate of drug-likeness (QED) is 0.765. The predicted octanol–water partition coefficient (Wildman–Crippen LogP) is 0.0141. The summed E-state index contributed by atoms with van der Waals surface area (Å²) in [6.07, 6.45) is 0. The van der Waals surface area contributed by atoms with E-state index in [1.54, 1.807) is 6.92 Å². The average molecular weight is 288 g/mol. The number of carbonyl (C=O) groups excluding carboxylic acids is 1. The predicted molar refractivity (Wildman–Crippen MR) is 73.0 cm³/mol. The molecule has 1 aliphatic rings. The van der Waals surface area contributed by atoms with E-state index >= 15 is 0 Å². The summed E-state index contributed by atoms with van der Waals surface area (Å²) in [6.45, 7) is 7.84. The maximum absolute atomic E-state index is 11.2. The van der Waals surface area contributed by atoms with Crippen LogP contribution in [-0.4, -0.2) is 55.7 Å². The van der Waals surface area contributed by atoms with Gasteiger partial charge in [0.25, 0.3) is 0 Å². The summed E-state index contributed by atoms with van der Waals surface area (Å²) in [7, 11) is 0. The van der Waals surface area contributed by atoms with Crippen LogP contribution in [0.2, 0.25) is 0 Å². The van der Waals surface area contributed by atoms with Gasteiger partial charge in [0.15, 0.2) is 0 Å². The highest BCUT2D eigenvalue weighted by Crippen LogP contribution is 2.04. The van der Waals surface area contributed by atoms with Gasteiger partial charge in [-0.25, -0.2) is 0 Å². The fourth-order valence-electron chi connectivity index (χ4n) is 1.58. The van der Waals surface area contributed by atoms with E-state index in [0.29, 0.717) is 12.6 Å². The van der Waals surface area contributed by atoms with Crippen molar-refractivity contribution in [2.45, 2.75) is 25.9 Å². The fourth-order valence-corrected chi connectivity index (χ4v) is 1.58. The van der Waals surface area contributed by atoms with Crippen LogP contribution in [0.25, 0.3) is 0 Å². The van der Waals surface area contributed by atoms with Crippen molar-refractivity contribution in [2.24, 2.45) is 5.73 Å². The van der Waals surface area contributed by atoms with Gasteiger partial charge in [0.1, 0.15) is 0 Å². The molecule has 17 heavy (non-hydrogen) atoms. The number of carbonyl (C=O) groups is 1. The molecule has 0 spiro atoms. The van der Waals surface area contributed by atoms with Gasteiger partial charge in [0.05, 0.1) is 19.3 Å². The molecule has 1 fully saturated rings. The van der Waals surface area contributed by atoms with Gasteiger partial charge in [-0.05, 0) is 13.8 Å². The van der Waals surface area contributed by atoms with Crippen LogP contribution in [-0.2, 0) is 9.53 Å². The van der Waals surface area contributed by atoms with Gasteiger partial charge in [-0.2, -0.15) is 0 Å². The Bertz CT molecular complexity index is 218. The van der Waals surface area contributed by atoms with Gasteiger partial charge in [-0.3, -0.25) is 9.69 Å². The third kappa shape index (κ3) is 7.06. The summed E-state index contributed by atoms with van der Waals surface area (Å²) in [6, 6.07) is 0.0121. The lowest BCUT2D eigenvalue weighted by atomic mass is 10.2. The molecule has 104 valence electrons. The minimum Gasteiger partial charge on any atom is -0.379 e. The van der Waals surface area contributed by atoms with Crippen molar-refractivity contribution >= 4 is 30.7 Å². The number of nitrogens with two attached hydrogens (primary N) is 1. The lowest BCUT2D eigenvalue weighted by molar-refractivity contribution is -0.122. The smallest absolute Gasteiger partial charge is 0.236 e. The number of morpholine rings is 1. The summed E-state index contributed by atoms with van der Waals surface area (Å²) >= 11 is 0. The lowest BCUT2D eigenvalue weighted by Gasteiger charge is -2.33. The normalized spacial score (nSPS) is 21.9. The van der Waals surface area contributed by atoms with E-state index in [1.807, 2.05) is 0 Å². The number of nitrogens with one attached hydrogen (secondary N) is 1. The zero-order valence-corrected chi connectivity index (χ0v) is 12.0. The molecule has 7 heteroatoms. The molecule has 1 rings (SSSR count). The molecule has 3 N–H and O–H groups in total.